The molecular formula is C9H11NO2. The summed E-state index contributed by atoms with van der Waals surface area (Å²) in [4.78, 5) is 0. The lowest BCUT2D eigenvalue weighted by Crippen LogP contribution is -2.14. The molecule has 0 spiro atoms. The number of para-hydroxylation sites is 1. The van der Waals surface area contributed by atoms with Crippen molar-refractivity contribution in [3.8, 4) is 5.75 Å². The second-order valence-corrected chi connectivity index (χ2v) is 2.92. The normalized spacial score (nSPS) is 21.2. The standard InChI is InChI=1S/C9H11NO2/c10-7-3-1-2-6-8(11)4-5-12-9(6)7/h1-3,8,11H,4-5,10H2/t8-/m0/s1. The van der Waals surface area contributed by atoms with Gasteiger partial charge >= 0.3 is 0 Å². The maximum absolute atomic E-state index is 9.55. The molecule has 3 nitrogen and oxygen atoms in total. The molecule has 1 atom stereocenters. The highest BCUT2D eigenvalue weighted by Crippen LogP contribution is 2.35. The van der Waals surface area contributed by atoms with E-state index in [-0.39, 0.29) is 0 Å². The van der Waals surface area contributed by atoms with Crippen LogP contribution < -0.4 is 10.5 Å². The number of hydrogen-bond acceptors (Lipinski definition) is 3. The average molecular weight is 165 g/mol. The summed E-state index contributed by atoms with van der Waals surface area (Å²) in [7, 11) is 0. The average Bonchev–Trinajstić information content (AvgIpc) is 2.07. The van der Waals surface area contributed by atoms with Gasteiger partial charge in [-0.1, -0.05) is 12.1 Å². The first-order valence-corrected chi connectivity index (χ1v) is 3.98. The van der Waals surface area contributed by atoms with Gasteiger partial charge in [0, 0.05) is 12.0 Å². The largest absolute Gasteiger partial charge is 0.491 e. The van der Waals surface area contributed by atoms with Crippen LogP contribution in [0, 0.1) is 0 Å². The van der Waals surface area contributed by atoms with Gasteiger partial charge in [-0.3, -0.25) is 0 Å². The molecule has 0 aromatic heterocycles. The van der Waals surface area contributed by atoms with Crippen LogP contribution in [0.25, 0.3) is 0 Å². The van der Waals surface area contributed by atoms with E-state index in [0.29, 0.717) is 24.5 Å². The van der Waals surface area contributed by atoms with E-state index in [1.54, 1.807) is 6.07 Å². The number of rotatable bonds is 0. The summed E-state index contributed by atoms with van der Waals surface area (Å²) in [6.07, 6.45) is 0.230. The molecule has 12 heavy (non-hydrogen) atoms. The third-order valence-electron chi connectivity index (χ3n) is 2.07. The maximum atomic E-state index is 9.55. The molecule has 1 aromatic carbocycles. The molecule has 0 radical (unpaired) electrons. The van der Waals surface area contributed by atoms with Gasteiger partial charge in [-0.2, -0.15) is 0 Å². The molecule has 0 fully saturated rings. The van der Waals surface area contributed by atoms with Crippen molar-refractivity contribution in [1.82, 2.24) is 0 Å². The fourth-order valence-electron chi connectivity index (χ4n) is 1.43. The maximum Gasteiger partial charge on any atom is 0.147 e. The van der Waals surface area contributed by atoms with E-state index >= 15 is 0 Å². The first-order valence-electron chi connectivity index (χ1n) is 3.98. The molecule has 3 N–H and O–H groups in total. The highest BCUT2D eigenvalue weighted by atomic mass is 16.5. The van der Waals surface area contributed by atoms with E-state index < -0.39 is 6.10 Å². The molecule has 0 saturated carbocycles. The Labute approximate surface area is 70.8 Å². The molecule has 3 heteroatoms. The van der Waals surface area contributed by atoms with Gasteiger partial charge in [0.15, 0.2) is 0 Å². The molecule has 0 bridgehead atoms. The quantitative estimate of drug-likeness (QED) is 0.566. The Morgan fingerprint density at radius 1 is 1.50 bits per heavy atom. The lowest BCUT2D eigenvalue weighted by Gasteiger charge is -2.22. The Hall–Kier alpha value is -1.22. The Balaban J connectivity index is 2.52. The van der Waals surface area contributed by atoms with Crippen molar-refractivity contribution in [3.63, 3.8) is 0 Å². The summed E-state index contributed by atoms with van der Waals surface area (Å²) in [5, 5.41) is 9.55. The summed E-state index contributed by atoms with van der Waals surface area (Å²) >= 11 is 0. The van der Waals surface area contributed by atoms with Gasteiger partial charge in [-0.25, -0.2) is 0 Å². The molecule has 0 unspecified atom stereocenters. The van der Waals surface area contributed by atoms with Crippen LogP contribution in [0.3, 0.4) is 0 Å². The number of anilines is 1. The summed E-state index contributed by atoms with van der Waals surface area (Å²) in [5.41, 5.74) is 7.08. The Morgan fingerprint density at radius 2 is 2.33 bits per heavy atom. The Kier molecular flexibility index (Phi) is 1.66. The number of ether oxygens (including phenoxy) is 1. The zero-order chi connectivity index (χ0) is 8.55. The minimum Gasteiger partial charge on any atom is -0.491 e. The predicted octanol–water partition coefficient (Wildman–Crippen LogP) is 1.08. The number of benzene rings is 1. The van der Waals surface area contributed by atoms with Crippen LogP contribution >= 0.6 is 0 Å². The Bertz CT molecular complexity index is 299. The first-order chi connectivity index (χ1) is 5.79. The van der Waals surface area contributed by atoms with Crippen molar-refractivity contribution >= 4 is 5.69 Å². The molecular weight excluding hydrogens is 154 g/mol. The van der Waals surface area contributed by atoms with Crippen LogP contribution in [0.4, 0.5) is 5.69 Å². The predicted molar refractivity (Wildman–Crippen MR) is 45.9 cm³/mol. The van der Waals surface area contributed by atoms with Gasteiger partial charge in [0.25, 0.3) is 0 Å². The fourth-order valence-corrected chi connectivity index (χ4v) is 1.43. The van der Waals surface area contributed by atoms with E-state index in [1.165, 1.54) is 0 Å². The molecule has 1 aliphatic rings. The lowest BCUT2D eigenvalue weighted by atomic mass is 10.0. The molecule has 1 heterocycles. The van der Waals surface area contributed by atoms with E-state index in [4.69, 9.17) is 10.5 Å². The number of hydrogen-bond donors (Lipinski definition) is 2. The van der Waals surface area contributed by atoms with Gasteiger partial charge in [-0.15, -0.1) is 0 Å². The minimum atomic E-state index is -0.419. The number of fused-ring (bicyclic) bond motifs is 1. The topological polar surface area (TPSA) is 55.5 Å². The second-order valence-electron chi connectivity index (χ2n) is 2.92. The molecule has 0 saturated heterocycles. The number of nitrogen functional groups attached to an aromatic ring is 1. The minimum absolute atomic E-state index is 0.419. The van der Waals surface area contributed by atoms with Gasteiger partial charge in [0.2, 0.25) is 0 Å². The van der Waals surface area contributed by atoms with Crippen LogP contribution in [0.5, 0.6) is 5.75 Å². The molecule has 2 rings (SSSR count). The first kappa shape index (κ1) is 7.43. The highest BCUT2D eigenvalue weighted by molar-refractivity contribution is 5.57. The van der Waals surface area contributed by atoms with Crippen LogP contribution in [-0.2, 0) is 0 Å². The van der Waals surface area contributed by atoms with Crippen LogP contribution in [0.2, 0.25) is 0 Å². The van der Waals surface area contributed by atoms with Crippen molar-refractivity contribution in [1.29, 1.82) is 0 Å². The molecule has 1 aromatic rings. The number of aliphatic hydroxyl groups excluding tert-OH is 1. The monoisotopic (exact) mass is 165 g/mol. The van der Waals surface area contributed by atoms with Crippen molar-refractivity contribution in [2.45, 2.75) is 12.5 Å². The van der Waals surface area contributed by atoms with Crippen molar-refractivity contribution < 1.29 is 9.84 Å². The SMILES string of the molecule is Nc1cccc2c1OCC[C@@H]2O. The van der Waals surface area contributed by atoms with E-state index in [9.17, 15) is 5.11 Å². The molecule has 0 aliphatic carbocycles. The molecule has 1 aliphatic heterocycles. The number of nitrogens with two attached hydrogens (primary N) is 1. The third-order valence-corrected chi connectivity index (χ3v) is 2.07. The smallest absolute Gasteiger partial charge is 0.147 e. The zero-order valence-corrected chi connectivity index (χ0v) is 6.66. The second kappa shape index (κ2) is 2.68. The third kappa shape index (κ3) is 1.02. The van der Waals surface area contributed by atoms with Crippen LogP contribution in [0.15, 0.2) is 18.2 Å². The number of aliphatic hydroxyl groups is 1. The van der Waals surface area contributed by atoms with E-state index in [2.05, 4.69) is 0 Å². The van der Waals surface area contributed by atoms with Crippen LogP contribution in [-0.4, -0.2) is 11.7 Å². The van der Waals surface area contributed by atoms with Crippen molar-refractivity contribution in [2.75, 3.05) is 12.3 Å². The van der Waals surface area contributed by atoms with E-state index in [1.807, 2.05) is 12.1 Å². The summed E-state index contributed by atoms with van der Waals surface area (Å²) < 4.78 is 5.34. The van der Waals surface area contributed by atoms with Crippen molar-refractivity contribution in [3.05, 3.63) is 23.8 Å². The summed E-state index contributed by atoms with van der Waals surface area (Å²) in [6, 6.07) is 5.44. The summed E-state index contributed by atoms with van der Waals surface area (Å²) in [6.45, 7) is 0.544. The van der Waals surface area contributed by atoms with Crippen molar-refractivity contribution in [2.24, 2.45) is 0 Å². The molecule has 64 valence electrons. The summed E-state index contributed by atoms with van der Waals surface area (Å²) in [5.74, 6) is 0.649. The van der Waals surface area contributed by atoms with Gasteiger partial charge < -0.3 is 15.6 Å². The van der Waals surface area contributed by atoms with Gasteiger partial charge in [0.1, 0.15) is 5.75 Å². The molecule has 0 amide bonds. The van der Waals surface area contributed by atoms with Gasteiger partial charge in [-0.05, 0) is 6.07 Å². The fraction of sp³-hybridized carbons (Fsp3) is 0.333. The van der Waals surface area contributed by atoms with E-state index in [0.717, 1.165) is 5.56 Å². The lowest BCUT2D eigenvalue weighted by molar-refractivity contribution is 0.116. The van der Waals surface area contributed by atoms with Gasteiger partial charge in [0.05, 0.1) is 18.4 Å². The van der Waals surface area contributed by atoms with Crippen LogP contribution in [0.1, 0.15) is 18.1 Å². The Morgan fingerprint density at radius 3 is 3.08 bits per heavy atom. The zero-order valence-electron chi connectivity index (χ0n) is 6.66. The highest BCUT2D eigenvalue weighted by Gasteiger charge is 2.20.